The van der Waals surface area contributed by atoms with Crippen molar-refractivity contribution in [3.05, 3.63) is 65.5 Å². The van der Waals surface area contributed by atoms with Crippen molar-refractivity contribution in [2.45, 2.75) is 57.5 Å². The highest BCUT2D eigenvalue weighted by Crippen LogP contribution is 2.35. The van der Waals surface area contributed by atoms with E-state index in [1.807, 2.05) is 6.07 Å². The number of aromatic nitrogens is 2. The lowest BCUT2D eigenvalue weighted by atomic mass is 10.1. The Balaban J connectivity index is 1.52. The molecule has 2 heterocycles. The number of nitrogens with zero attached hydrogens (tertiary/aromatic N) is 3. The lowest BCUT2D eigenvalue weighted by molar-refractivity contribution is -0.129. The summed E-state index contributed by atoms with van der Waals surface area (Å²) >= 11 is 0. The van der Waals surface area contributed by atoms with Crippen molar-refractivity contribution in [1.29, 1.82) is 0 Å². The van der Waals surface area contributed by atoms with Crippen LogP contribution in [0, 0.1) is 6.92 Å². The summed E-state index contributed by atoms with van der Waals surface area (Å²) in [6.45, 7) is 3.78. The van der Waals surface area contributed by atoms with Gasteiger partial charge in [-0.1, -0.05) is 49.2 Å². The van der Waals surface area contributed by atoms with E-state index in [2.05, 4.69) is 58.9 Å². The summed E-state index contributed by atoms with van der Waals surface area (Å²) in [6.07, 6.45) is 5.43. The molecule has 2 fully saturated rings. The van der Waals surface area contributed by atoms with Crippen LogP contribution in [-0.4, -0.2) is 32.9 Å². The Bertz CT molecular complexity index is 1020. The fourth-order valence-electron chi connectivity index (χ4n) is 5.00. The molecule has 1 amide bonds. The van der Waals surface area contributed by atoms with E-state index in [9.17, 15) is 4.79 Å². The number of likely N-dealkylation sites (tertiary alicyclic amines) is 1. The number of imidazole rings is 1. The molecule has 144 valence electrons. The molecule has 1 saturated carbocycles. The smallest absolute Gasteiger partial charge is 0.223 e. The summed E-state index contributed by atoms with van der Waals surface area (Å²) in [4.78, 5) is 19.9. The minimum atomic E-state index is 0.185. The van der Waals surface area contributed by atoms with Crippen molar-refractivity contribution in [2.75, 3.05) is 6.54 Å². The third kappa shape index (κ3) is 3.01. The topological polar surface area (TPSA) is 38.1 Å². The van der Waals surface area contributed by atoms with Crippen LogP contribution in [0.15, 0.2) is 48.5 Å². The molecule has 1 aromatic heterocycles. The van der Waals surface area contributed by atoms with Gasteiger partial charge in [0.25, 0.3) is 0 Å². The molecular formula is C24H27N3O. The predicted molar refractivity (Wildman–Crippen MR) is 111 cm³/mol. The molecule has 1 saturated heterocycles. The maximum absolute atomic E-state index is 12.8. The van der Waals surface area contributed by atoms with Crippen molar-refractivity contribution in [3.63, 3.8) is 0 Å². The van der Waals surface area contributed by atoms with Gasteiger partial charge in [-0.05, 0) is 43.0 Å². The number of hydrogen-bond acceptors (Lipinski definition) is 2. The molecule has 1 aliphatic carbocycles. The van der Waals surface area contributed by atoms with Crippen LogP contribution in [-0.2, 0) is 11.3 Å². The fourth-order valence-corrected chi connectivity index (χ4v) is 5.00. The molecule has 0 N–H and O–H groups in total. The minimum Gasteiger partial charge on any atom is -0.339 e. The normalized spacial score (nSPS) is 20.5. The molecule has 4 nitrogen and oxygen atoms in total. The molecule has 2 aliphatic rings. The van der Waals surface area contributed by atoms with Gasteiger partial charge >= 0.3 is 0 Å². The van der Waals surface area contributed by atoms with Crippen LogP contribution in [0.3, 0.4) is 0 Å². The van der Waals surface area contributed by atoms with Gasteiger partial charge in [0, 0.05) is 31.5 Å². The Morgan fingerprint density at radius 1 is 1.04 bits per heavy atom. The average molecular weight is 374 g/mol. The molecule has 1 unspecified atom stereocenters. The van der Waals surface area contributed by atoms with Gasteiger partial charge in [-0.15, -0.1) is 0 Å². The van der Waals surface area contributed by atoms with Crippen LogP contribution >= 0.6 is 0 Å². The first-order valence-electron chi connectivity index (χ1n) is 10.5. The molecule has 0 spiro atoms. The van der Waals surface area contributed by atoms with Crippen molar-refractivity contribution < 1.29 is 4.79 Å². The van der Waals surface area contributed by atoms with E-state index in [1.165, 1.54) is 24.0 Å². The summed E-state index contributed by atoms with van der Waals surface area (Å²) in [5.41, 5.74) is 4.79. The number of benzene rings is 2. The van der Waals surface area contributed by atoms with Gasteiger partial charge in [0.1, 0.15) is 5.82 Å². The molecule has 5 rings (SSSR count). The van der Waals surface area contributed by atoms with Gasteiger partial charge in [-0.3, -0.25) is 4.79 Å². The van der Waals surface area contributed by atoms with Crippen molar-refractivity contribution in [2.24, 2.45) is 0 Å². The number of fused-ring (bicyclic) bond motifs is 1. The Morgan fingerprint density at radius 3 is 2.61 bits per heavy atom. The zero-order chi connectivity index (χ0) is 19.1. The maximum Gasteiger partial charge on any atom is 0.223 e. The summed E-state index contributed by atoms with van der Waals surface area (Å²) in [5, 5.41) is 0. The number of rotatable bonds is 4. The second-order valence-corrected chi connectivity index (χ2v) is 8.36. The van der Waals surface area contributed by atoms with Crippen LogP contribution in [0.2, 0.25) is 0 Å². The van der Waals surface area contributed by atoms with Crippen molar-refractivity contribution in [3.8, 4) is 0 Å². The molecular weight excluding hydrogens is 346 g/mol. The monoisotopic (exact) mass is 373 g/mol. The number of para-hydroxylation sites is 2. The van der Waals surface area contributed by atoms with Gasteiger partial charge < -0.3 is 9.47 Å². The first kappa shape index (κ1) is 17.5. The standard InChI is InChI=1S/C24H27N3O/c1-17-8-2-3-9-18(17)15-27-22-13-7-6-12-21(22)25-24(27)19-14-23(28)26(16-19)20-10-4-5-11-20/h2-3,6-9,12-13,19-20H,4-5,10-11,14-16H2,1H3. The molecule has 3 aromatic rings. The van der Waals surface area contributed by atoms with Crippen LogP contribution in [0.4, 0.5) is 0 Å². The third-order valence-corrected chi connectivity index (χ3v) is 6.56. The molecule has 0 bridgehead atoms. The van der Waals surface area contributed by atoms with E-state index in [4.69, 9.17) is 4.98 Å². The Hall–Kier alpha value is -2.62. The highest BCUT2D eigenvalue weighted by molar-refractivity contribution is 5.81. The number of carbonyl (C=O) groups is 1. The second kappa shape index (κ2) is 7.08. The van der Waals surface area contributed by atoms with E-state index < -0.39 is 0 Å². The van der Waals surface area contributed by atoms with Crippen LogP contribution in [0.25, 0.3) is 11.0 Å². The quantitative estimate of drug-likeness (QED) is 0.667. The highest BCUT2D eigenvalue weighted by Gasteiger charge is 2.38. The van der Waals surface area contributed by atoms with Gasteiger partial charge in [0.2, 0.25) is 5.91 Å². The molecule has 28 heavy (non-hydrogen) atoms. The average Bonchev–Trinajstić information content (AvgIpc) is 3.42. The minimum absolute atomic E-state index is 0.185. The van der Waals surface area contributed by atoms with E-state index >= 15 is 0 Å². The zero-order valence-corrected chi connectivity index (χ0v) is 16.5. The maximum atomic E-state index is 12.8. The first-order valence-corrected chi connectivity index (χ1v) is 10.5. The van der Waals surface area contributed by atoms with Crippen LogP contribution < -0.4 is 0 Å². The highest BCUT2D eigenvalue weighted by atomic mass is 16.2. The molecule has 0 radical (unpaired) electrons. The SMILES string of the molecule is Cc1ccccc1Cn1c(C2CC(=O)N(C3CCCC3)C2)nc2ccccc21. The van der Waals surface area contributed by atoms with E-state index in [1.54, 1.807) is 0 Å². The van der Waals surface area contributed by atoms with E-state index in [0.29, 0.717) is 18.4 Å². The number of aryl methyl sites for hydroxylation is 1. The molecule has 1 aliphatic heterocycles. The van der Waals surface area contributed by atoms with Gasteiger partial charge in [0.05, 0.1) is 11.0 Å². The largest absolute Gasteiger partial charge is 0.339 e. The Labute approximate surface area is 166 Å². The first-order chi connectivity index (χ1) is 13.7. The van der Waals surface area contributed by atoms with Gasteiger partial charge in [0.15, 0.2) is 0 Å². The fraction of sp³-hybridized carbons (Fsp3) is 0.417. The molecule has 1 atom stereocenters. The summed E-state index contributed by atoms with van der Waals surface area (Å²) < 4.78 is 2.34. The Morgan fingerprint density at radius 2 is 1.79 bits per heavy atom. The predicted octanol–water partition coefficient (Wildman–Crippen LogP) is 4.65. The van der Waals surface area contributed by atoms with E-state index in [0.717, 1.165) is 42.8 Å². The van der Waals surface area contributed by atoms with Gasteiger partial charge in [-0.2, -0.15) is 0 Å². The molecule has 4 heteroatoms. The lowest BCUT2D eigenvalue weighted by Crippen LogP contribution is -2.34. The third-order valence-electron chi connectivity index (χ3n) is 6.56. The number of hydrogen-bond donors (Lipinski definition) is 0. The van der Waals surface area contributed by atoms with E-state index in [-0.39, 0.29) is 5.92 Å². The zero-order valence-electron chi connectivity index (χ0n) is 16.5. The lowest BCUT2D eigenvalue weighted by Gasteiger charge is -2.24. The summed E-state index contributed by atoms with van der Waals surface area (Å²) in [6, 6.07) is 17.3. The van der Waals surface area contributed by atoms with Gasteiger partial charge in [-0.25, -0.2) is 4.98 Å². The van der Waals surface area contributed by atoms with Crippen LogP contribution in [0.1, 0.15) is 55.0 Å². The van der Waals surface area contributed by atoms with Crippen LogP contribution in [0.5, 0.6) is 0 Å². The Kier molecular flexibility index (Phi) is 4.42. The van der Waals surface area contributed by atoms with Crippen molar-refractivity contribution in [1.82, 2.24) is 14.5 Å². The molecule has 2 aromatic carbocycles. The van der Waals surface area contributed by atoms with Crippen molar-refractivity contribution >= 4 is 16.9 Å². The number of amides is 1. The summed E-state index contributed by atoms with van der Waals surface area (Å²) in [7, 11) is 0. The number of carbonyl (C=O) groups excluding carboxylic acids is 1. The summed E-state index contributed by atoms with van der Waals surface area (Å²) in [5.74, 6) is 1.56. The second-order valence-electron chi connectivity index (χ2n) is 8.36.